The molecular weight excluding hydrogens is 649 g/mol. The lowest BCUT2D eigenvalue weighted by molar-refractivity contribution is 0.0950. The summed E-state index contributed by atoms with van der Waals surface area (Å²) >= 11 is 2.91. The summed E-state index contributed by atoms with van der Waals surface area (Å²) in [6, 6.07) is 0. The number of phenolic OH excluding ortho intramolecular Hbond substituents is 4. The second-order valence-electron chi connectivity index (χ2n) is 13.1. The highest BCUT2D eigenvalue weighted by Gasteiger charge is 2.45. The SMILES string of the molecule is CCCCSCc1c(O)c(O)c(C(C)C)c2c1C(=O)C(C1=C(C)C(=O)c3c(c(CSCCCC)c(O)c(O)c3C(C)C)C1=O)=C(C)C2=O. The number of rotatable bonds is 13. The second-order valence-corrected chi connectivity index (χ2v) is 15.3. The Morgan fingerprint density at radius 1 is 0.521 bits per heavy atom. The van der Waals surface area contributed by atoms with Crippen molar-refractivity contribution >= 4 is 46.7 Å². The molecule has 0 amide bonds. The highest BCUT2D eigenvalue weighted by molar-refractivity contribution is 7.98. The number of benzene rings is 2. The highest BCUT2D eigenvalue weighted by atomic mass is 32.2. The van der Waals surface area contributed by atoms with Crippen LogP contribution in [0, 0.1) is 0 Å². The molecule has 258 valence electrons. The average molecular weight is 695 g/mol. The van der Waals surface area contributed by atoms with Crippen LogP contribution in [0.25, 0.3) is 0 Å². The van der Waals surface area contributed by atoms with E-state index in [0.717, 1.165) is 37.2 Å². The minimum absolute atomic E-state index is 0.00329. The van der Waals surface area contributed by atoms with Crippen LogP contribution in [0.4, 0.5) is 0 Å². The van der Waals surface area contributed by atoms with Gasteiger partial charge in [-0.1, -0.05) is 54.4 Å². The van der Waals surface area contributed by atoms with Crippen molar-refractivity contribution in [3.8, 4) is 23.0 Å². The first-order valence-electron chi connectivity index (χ1n) is 16.6. The van der Waals surface area contributed by atoms with Crippen LogP contribution in [0.5, 0.6) is 23.0 Å². The van der Waals surface area contributed by atoms with E-state index >= 15 is 0 Å². The standard InChI is InChI=1S/C38H46O8S2/c1-9-11-13-47-15-21-27-29(23(17(3)4)37(45)33(21)41)31(39)19(7)25(35(27)43)26-20(8)32(40)30-24(18(5)6)38(46)34(42)22(28(30)36(26)44)16-48-14-12-10-2/h17-18,41-42,45-46H,9-16H2,1-8H3. The first-order valence-corrected chi connectivity index (χ1v) is 18.9. The van der Waals surface area contributed by atoms with Gasteiger partial charge in [0, 0.05) is 78.3 Å². The lowest BCUT2D eigenvalue weighted by Crippen LogP contribution is -2.32. The van der Waals surface area contributed by atoms with Crippen LogP contribution >= 0.6 is 23.5 Å². The number of ketones is 4. The van der Waals surface area contributed by atoms with Crippen molar-refractivity contribution in [2.24, 2.45) is 0 Å². The molecule has 0 saturated carbocycles. The number of allylic oxidation sites excluding steroid dienone is 4. The minimum Gasteiger partial charge on any atom is -0.504 e. The molecule has 0 radical (unpaired) electrons. The van der Waals surface area contributed by atoms with Gasteiger partial charge >= 0.3 is 0 Å². The van der Waals surface area contributed by atoms with Crippen molar-refractivity contribution in [1.82, 2.24) is 0 Å². The van der Waals surface area contributed by atoms with Gasteiger partial charge in [-0.15, -0.1) is 0 Å². The third-order valence-corrected chi connectivity index (χ3v) is 11.3. The molecular formula is C38H46O8S2. The highest BCUT2D eigenvalue weighted by Crippen LogP contribution is 2.51. The van der Waals surface area contributed by atoms with Crippen LogP contribution in [-0.2, 0) is 11.5 Å². The Balaban J connectivity index is 2.02. The van der Waals surface area contributed by atoms with E-state index in [0.29, 0.717) is 0 Å². The van der Waals surface area contributed by atoms with Crippen LogP contribution in [0.1, 0.15) is 157 Å². The number of thioether (sulfide) groups is 2. The molecule has 8 nitrogen and oxygen atoms in total. The van der Waals surface area contributed by atoms with Crippen molar-refractivity contribution in [2.45, 2.75) is 104 Å². The van der Waals surface area contributed by atoms with Gasteiger partial charge in [-0.3, -0.25) is 19.2 Å². The van der Waals surface area contributed by atoms with E-state index in [1.54, 1.807) is 27.7 Å². The van der Waals surface area contributed by atoms with Gasteiger partial charge in [-0.25, -0.2) is 0 Å². The van der Waals surface area contributed by atoms with E-state index in [1.807, 2.05) is 13.8 Å². The van der Waals surface area contributed by atoms with E-state index in [-0.39, 0.29) is 78.3 Å². The van der Waals surface area contributed by atoms with Crippen molar-refractivity contribution < 1.29 is 39.6 Å². The number of carbonyl (C=O) groups excluding carboxylic acids is 4. The predicted octanol–water partition coefficient (Wildman–Crippen LogP) is 8.91. The fourth-order valence-electron chi connectivity index (χ4n) is 6.60. The molecule has 2 aliphatic carbocycles. The summed E-state index contributed by atoms with van der Waals surface area (Å²) in [6.45, 7) is 14.0. The summed E-state index contributed by atoms with van der Waals surface area (Å²) in [5.74, 6) is -3.47. The topological polar surface area (TPSA) is 149 Å². The van der Waals surface area contributed by atoms with E-state index in [9.17, 15) is 39.6 Å². The van der Waals surface area contributed by atoms with Crippen molar-refractivity contribution in [2.75, 3.05) is 11.5 Å². The smallest absolute Gasteiger partial charge is 0.195 e. The number of carbonyl (C=O) groups is 4. The van der Waals surface area contributed by atoms with Crippen LogP contribution < -0.4 is 0 Å². The summed E-state index contributed by atoms with van der Waals surface area (Å²) in [7, 11) is 0. The van der Waals surface area contributed by atoms with Gasteiger partial charge in [0.05, 0.1) is 0 Å². The largest absolute Gasteiger partial charge is 0.504 e. The Morgan fingerprint density at radius 2 is 0.854 bits per heavy atom. The molecule has 0 unspecified atom stereocenters. The van der Waals surface area contributed by atoms with E-state index in [1.165, 1.54) is 37.4 Å². The number of phenols is 4. The molecule has 0 spiro atoms. The first-order chi connectivity index (χ1) is 22.6. The van der Waals surface area contributed by atoms with Crippen LogP contribution in [0.3, 0.4) is 0 Å². The van der Waals surface area contributed by atoms with Gasteiger partial charge < -0.3 is 20.4 Å². The third-order valence-electron chi connectivity index (χ3n) is 9.15. The van der Waals surface area contributed by atoms with Crippen molar-refractivity contribution in [3.05, 3.63) is 66.8 Å². The molecule has 0 atom stereocenters. The Morgan fingerprint density at radius 3 is 1.15 bits per heavy atom. The molecule has 4 rings (SSSR count). The van der Waals surface area contributed by atoms with Gasteiger partial charge in [-0.05, 0) is 50.0 Å². The van der Waals surface area contributed by atoms with Crippen molar-refractivity contribution in [3.63, 3.8) is 0 Å². The fourth-order valence-corrected chi connectivity index (χ4v) is 8.84. The van der Waals surface area contributed by atoms with Gasteiger partial charge in [0.1, 0.15) is 0 Å². The van der Waals surface area contributed by atoms with Crippen molar-refractivity contribution in [1.29, 1.82) is 0 Å². The Bertz CT molecular complexity index is 1650. The molecule has 48 heavy (non-hydrogen) atoms. The number of aromatic hydroxyl groups is 4. The minimum atomic E-state index is -0.685. The maximum absolute atomic E-state index is 14.8. The van der Waals surface area contributed by atoms with Crippen LogP contribution in [0.2, 0.25) is 0 Å². The van der Waals surface area contributed by atoms with E-state index in [2.05, 4.69) is 0 Å². The maximum atomic E-state index is 14.8. The zero-order valence-electron chi connectivity index (χ0n) is 29.0. The van der Waals surface area contributed by atoms with E-state index < -0.39 is 58.0 Å². The average Bonchev–Trinajstić information content (AvgIpc) is 3.03. The van der Waals surface area contributed by atoms with Gasteiger partial charge in [0.15, 0.2) is 46.1 Å². The Labute approximate surface area is 291 Å². The molecule has 0 heterocycles. The molecule has 0 aromatic heterocycles. The molecule has 4 N–H and O–H groups in total. The number of Topliss-reactive ketones (excluding diaryl/α,β-unsaturated/α-hetero) is 4. The van der Waals surface area contributed by atoms with Gasteiger partial charge in [0.2, 0.25) is 0 Å². The lowest BCUT2D eigenvalue weighted by Gasteiger charge is -2.31. The van der Waals surface area contributed by atoms with Crippen LogP contribution in [0.15, 0.2) is 22.3 Å². The molecule has 0 saturated heterocycles. The zero-order valence-corrected chi connectivity index (χ0v) is 30.7. The third kappa shape index (κ3) is 6.22. The van der Waals surface area contributed by atoms with Gasteiger partial charge in [-0.2, -0.15) is 23.5 Å². The number of fused-ring (bicyclic) bond motifs is 2. The Kier molecular flexibility index (Phi) is 11.6. The molecule has 0 fully saturated rings. The summed E-state index contributed by atoms with van der Waals surface area (Å²) in [6.07, 6.45) is 3.66. The second kappa shape index (κ2) is 14.9. The summed E-state index contributed by atoms with van der Waals surface area (Å²) in [5, 5.41) is 44.7. The maximum Gasteiger partial charge on any atom is 0.195 e. The molecule has 2 aromatic rings. The predicted molar refractivity (Wildman–Crippen MR) is 193 cm³/mol. The van der Waals surface area contributed by atoms with Gasteiger partial charge in [0.25, 0.3) is 0 Å². The molecule has 2 aromatic carbocycles. The lowest BCUT2D eigenvalue weighted by atomic mass is 9.70. The number of hydrogen-bond donors (Lipinski definition) is 4. The monoisotopic (exact) mass is 694 g/mol. The normalized spacial score (nSPS) is 15.0. The fraction of sp³-hybridized carbons (Fsp3) is 0.474. The summed E-state index contributed by atoms with van der Waals surface area (Å²) < 4.78 is 0. The zero-order chi connectivity index (χ0) is 35.8. The molecule has 0 aliphatic heterocycles. The molecule has 10 heteroatoms. The quantitative estimate of drug-likeness (QED) is 0.118. The first kappa shape index (κ1) is 37.3. The molecule has 2 aliphatic rings. The van der Waals surface area contributed by atoms with Crippen LogP contribution in [-0.4, -0.2) is 55.1 Å². The molecule has 0 bridgehead atoms. The number of unbranched alkanes of at least 4 members (excludes halogenated alkanes) is 2. The number of hydrogen-bond acceptors (Lipinski definition) is 10. The summed E-state index contributed by atoms with van der Waals surface area (Å²) in [4.78, 5) is 58.1. The van der Waals surface area contributed by atoms with E-state index in [4.69, 9.17) is 0 Å². The Hall–Kier alpha value is -3.50. The summed E-state index contributed by atoms with van der Waals surface area (Å²) in [5.41, 5.74) is -0.147.